The van der Waals surface area contributed by atoms with Crippen molar-refractivity contribution in [3.05, 3.63) is 212 Å². The molecule has 0 spiro atoms. The summed E-state index contributed by atoms with van der Waals surface area (Å²) in [6.07, 6.45) is 0. The molecule has 0 unspecified atom stereocenters. The number of fused-ring (bicyclic) bond motifs is 6. The van der Waals surface area contributed by atoms with Gasteiger partial charge in [-0.1, -0.05) is 146 Å². The lowest BCUT2D eigenvalue weighted by Gasteiger charge is -2.12. The second kappa shape index (κ2) is 13.1. The van der Waals surface area contributed by atoms with Crippen molar-refractivity contribution in [2.24, 2.45) is 0 Å². The van der Waals surface area contributed by atoms with Crippen LogP contribution >= 0.6 is 0 Å². The summed E-state index contributed by atoms with van der Waals surface area (Å²) < 4.78 is 4.82. The number of hydrogen-bond donors (Lipinski definition) is 0. The van der Waals surface area contributed by atoms with Gasteiger partial charge in [0.05, 0.1) is 33.5 Å². The normalized spacial score (nSPS) is 11.6. The summed E-state index contributed by atoms with van der Waals surface area (Å²) in [6.45, 7) is 0. The molecule has 8 aromatic carbocycles. The molecule has 0 radical (unpaired) electrons. The van der Waals surface area contributed by atoms with Crippen LogP contribution in [-0.4, -0.2) is 14.1 Å². The van der Waals surface area contributed by atoms with E-state index in [0.29, 0.717) is 0 Å². The molecule has 0 saturated heterocycles. The SMILES string of the molecule is c1ccc(-c2cc(-c3cccc(-c4ccc(-n5c6ccccc6c6cc7c(cc65)c5ccccc5n7-c5ccccc5)cc4)c3)cc(-c3ccccc3)n2)cc1. The highest BCUT2D eigenvalue weighted by atomic mass is 15.0. The molecule has 0 aliphatic heterocycles. The average molecular weight is 714 g/mol. The number of pyridine rings is 1. The molecule has 262 valence electrons. The number of rotatable bonds is 6. The van der Waals surface area contributed by atoms with Crippen LogP contribution in [0.4, 0.5) is 0 Å². The second-order valence-electron chi connectivity index (χ2n) is 14.4. The van der Waals surface area contributed by atoms with Gasteiger partial charge in [-0.2, -0.15) is 0 Å². The van der Waals surface area contributed by atoms with Gasteiger partial charge in [0, 0.05) is 44.0 Å². The van der Waals surface area contributed by atoms with Gasteiger partial charge in [0.2, 0.25) is 0 Å². The molecule has 0 aliphatic rings. The van der Waals surface area contributed by atoms with Crippen molar-refractivity contribution in [1.82, 2.24) is 14.1 Å². The second-order valence-corrected chi connectivity index (χ2v) is 14.4. The fourth-order valence-corrected chi connectivity index (χ4v) is 8.46. The van der Waals surface area contributed by atoms with E-state index in [1.807, 2.05) is 12.1 Å². The van der Waals surface area contributed by atoms with Gasteiger partial charge >= 0.3 is 0 Å². The van der Waals surface area contributed by atoms with E-state index >= 15 is 0 Å². The Kier molecular flexibility index (Phi) is 7.49. The minimum absolute atomic E-state index is 0.963. The molecule has 0 fully saturated rings. The Morgan fingerprint density at radius 2 is 0.679 bits per heavy atom. The molecule has 0 N–H and O–H groups in total. The lowest BCUT2D eigenvalue weighted by Crippen LogP contribution is -1.94. The average Bonchev–Trinajstić information content (AvgIpc) is 3.78. The summed E-state index contributed by atoms with van der Waals surface area (Å²) in [7, 11) is 0. The number of benzene rings is 8. The molecular formula is C53H35N3. The first-order valence-electron chi connectivity index (χ1n) is 19.1. The molecule has 0 amide bonds. The predicted octanol–water partition coefficient (Wildman–Crippen LogP) is 13.9. The quantitative estimate of drug-likeness (QED) is 0.168. The monoisotopic (exact) mass is 713 g/mol. The molecule has 11 rings (SSSR count). The van der Waals surface area contributed by atoms with Crippen LogP contribution in [0.25, 0.3) is 99.8 Å². The minimum atomic E-state index is 0.963. The molecular weight excluding hydrogens is 679 g/mol. The van der Waals surface area contributed by atoms with Gasteiger partial charge in [-0.3, -0.25) is 0 Å². The first-order valence-corrected chi connectivity index (χ1v) is 19.1. The molecule has 0 saturated carbocycles. The Morgan fingerprint density at radius 1 is 0.250 bits per heavy atom. The van der Waals surface area contributed by atoms with Crippen LogP contribution in [0.15, 0.2) is 212 Å². The summed E-state index contributed by atoms with van der Waals surface area (Å²) in [4.78, 5) is 5.10. The third-order valence-electron chi connectivity index (χ3n) is 11.1. The Balaban J connectivity index is 1.02. The molecule has 56 heavy (non-hydrogen) atoms. The lowest BCUT2D eigenvalue weighted by atomic mass is 9.96. The Labute approximate surface area is 325 Å². The van der Waals surface area contributed by atoms with E-state index < -0.39 is 0 Å². The van der Waals surface area contributed by atoms with Gasteiger partial charge < -0.3 is 9.13 Å². The number of para-hydroxylation sites is 3. The largest absolute Gasteiger partial charge is 0.309 e. The molecule has 3 nitrogen and oxygen atoms in total. The maximum atomic E-state index is 5.10. The van der Waals surface area contributed by atoms with Crippen LogP contribution in [0.5, 0.6) is 0 Å². The zero-order chi connectivity index (χ0) is 37.0. The molecule has 0 aliphatic carbocycles. The van der Waals surface area contributed by atoms with Crippen LogP contribution in [-0.2, 0) is 0 Å². The van der Waals surface area contributed by atoms with Crippen molar-refractivity contribution in [3.63, 3.8) is 0 Å². The summed E-state index contributed by atoms with van der Waals surface area (Å²) in [5.74, 6) is 0. The number of aromatic nitrogens is 3. The van der Waals surface area contributed by atoms with E-state index in [0.717, 1.165) is 39.3 Å². The van der Waals surface area contributed by atoms with Gasteiger partial charge in [0.15, 0.2) is 0 Å². The van der Waals surface area contributed by atoms with Crippen LogP contribution in [0.1, 0.15) is 0 Å². The molecule has 3 heteroatoms. The van der Waals surface area contributed by atoms with Crippen LogP contribution in [0.2, 0.25) is 0 Å². The third-order valence-corrected chi connectivity index (χ3v) is 11.1. The maximum absolute atomic E-state index is 5.10. The van der Waals surface area contributed by atoms with Crippen LogP contribution in [0, 0.1) is 0 Å². The van der Waals surface area contributed by atoms with Gasteiger partial charge in [0.25, 0.3) is 0 Å². The van der Waals surface area contributed by atoms with Crippen molar-refractivity contribution in [3.8, 4) is 56.1 Å². The van der Waals surface area contributed by atoms with Gasteiger partial charge in [-0.15, -0.1) is 0 Å². The third kappa shape index (κ3) is 5.32. The van der Waals surface area contributed by atoms with E-state index in [-0.39, 0.29) is 0 Å². The van der Waals surface area contributed by atoms with E-state index in [1.165, 1.54) is 60.4 Å². The zero-order valence-electron chi connectivity index (χ0n) is 30.5. The number of hydrogen-bond acceptors (Lipinski definition) is 1. The van der Waals surface area contributed by atoms with Crippen molar-refractivity contribution >= 4 is 43.6 Å². The fourth-order valence-electron chi connectivity index (χ4n) is 8.46. The molecule has 11 aromatic rings. The smallest absolute Gasteiger partial charge is 0.0715 e. The summed E-state index contributed by atoms with van der Waals surface area (Å²) in [6, 6.07) is 76.2. The lowest BCUT2D eigenvalue weighted by molar-refractivity contribution is 1.17. The van der Waals surface area contributed by atoms with E-state index in [9.17, 15) is 0 Å². The van der Waals surface area contributed by atoms with Crippen molar-refractivity contribution in [1.29, 1.82) is 0 Å². The predicted molar refractivity (Wildman–Crippen MR) is 235 cm³/mol. The van der Waals surface area contributed by atoms with Crippen LogP contribution in [0.3, 0.4) is 0 Å². The summed E-state index contributed by atoms with van der Waals surface area (Å²) in [5, 5.41) is 4.98. The standard InChI is InChI=1S/C53H35N3/c1-4-15-37(16-5-1)48-32-41(33-49(54-48)38-17-6-2-7-18-38)40-20-14-19-39(31-40)36-27-29-43(30-28-36)56-51-26-13-11-24-45(51)47-34-52-46(35-53(47)56)44-23-10-12-25-50(44)55(52)42-21-8-3-9-22-42/h1-35H. The minimum Gasteiger partial charge on any atom is -0.309 e. The summed E-state index contributed by atoms with van der Waals surface area (Å²) in [5.41, 5.74) is 15.9. The Morgan fingerprint density at radius 3 is 1.21 bits per heavy atom. The van der Waals surface area contributed by atoms with Crippen molar-refractivity contribution < 1.29 is 0 Å². The van der Waals surface area contributed by atoms with Crippen LogP contribution < -0.4 is 0 Å². The van der Waals surface area contributed by atoms with Gasteiger partial charge in [0.1, 0.15) is 0 Å². The highest BCUT2D eigenvalue weighted by Gasteiger charge is 2.18. The topological polar surface area (TPSA) is 22.8 Å². The Hall–Kier alpha value is -7.49. The Bertz CT molecular complexity index is 3150. The highest BCUT2D eigenvalue weighted by molar-refractivity contribution is 6.19. The maximum Gasteiger partial charge on any atom is 0.0715 e. The van der Waals surface area contributed by atoms with E-state index in [4.69, 9.17) is 4.98 Å². The zero-order valence-corrected chi connectivity index (χ0v) is 30.5. The highest BCUT2D eigenvalue weighted by Crippen LogP contribution is 2.40. The molecule has 3 aromatic heterocycles. The van der Waals surface area contributed by atoms with Crippen molar-refractivity contribution in [2.45, 2.75) is 0 Å². The van der Waals surface area contributed by atoms with E-state index in [2.05, 4.69) is 209 Å². The summed E-state index contributed by atoms with van der Waals surface area (Å²) >= 11 is 0. The molecule has 0 bridgehead atoms. The molecule has 3 heterocycles. The molecule has 0 atom stereocenters. The number of nitrogens with zero attached hydrogens (tertiary/aromatic N) is 3. The van der Waals surface area contributed by atoms with Gasteiger partial charge in [-0.05, 0) is 89.0 Å². The fraction of sp³-hybridized carbons (Fsp3) is 0. The first-order chi connectivity index (χ1) is 27.8. The van der Waals surface area contributed by atoms with Gasteiger partial charge in [-0.25, -0.2) is 4.98 Å². The first kappa shape index (κ1) is 32.0. The van der Waals surface area contributed by atoms with E-state index in [1.54, 1.807) is 0 Å². The van der Waals surface area contributed by atoms with Crippen molar-refractivity contribution in [2.75, 3.05) is 0 Å².